The third kappa shape index (κ3) is 5.34. The second kappa shape index (κ2) is 9.06. The Morgan fingerprint density at radius 3 is 2.68 bits per heavy atom. The van der Waals surface area contributed by atoms with Crippen LogP contribution in [0.4, 0.5) is 0 Å². The lowest BCUT2D eigenvalue weighted by Crippen LogP contribution is -2.36. The Balaban J connectivity index is 2.04. The lowest BCUT2D eigenvalue weighted by atomic mass is 9.98. The summed E-state index contributed by atoms with van der Waals surface area (Å²) >= 11 is 0. The molecule has 25 heavy (non-hydrogen) atoms. The number of fused-ring (bicyclic) bond motifs is 1. The SMILES string of the molecule is CCC(=O)N1CCc2cc(OCC(O)CNC(C)C)c(OC)cc2C1. The number of nitrogens with one attached hydrogen (secondary N) is 1. The van der Waals surface area contributed by atoms with Crippen molar-refractivity contribution in [2.75, 3.05) is 26.8 Å². The first-order chi connectivity index (χ1) is 11.9. The van der Waals surface area contributed by atoms with E-state index in [-0.39, 0.29) is 12.5 Å². The molecule has 2 rings (SSSR count). The van der Waals surface area contributed by atoms with Crippen molar-refractivity contribution < 1.29 is 19.4 Å². The van der Waals surface area contributed by atoms with E-state index in [2.05, 4.69) is 5.32 Å². The molecule has 1 heterocycles. The predicted molar refractivity (Wildman–Crippen MR) is 97.0 cm³/mol. The number of carbonyl (C=O) groups excluding carboxylic acids is 1. The fraction of sp³-hybridized carbons (Fsp3) is 0.632. The molecule has 6 heteroatoms. The van der Waals surface area contributed by atoms with Crippen LogP contribution in [-0.2, 0) is 17.8 Å². The van der Waals surface area contributed by atoms with Gasteiger partial charge in [0.2, 0.25) is 5.91 Å². The zero-order valence-corrected chi connectivity index (χ0v) is 15.7. The molecule has 140 valence electrons. The third-order valence-corrected chi connectivity index (χ3v) is 4.35. The number of amides is 1. The lowest BCUT2D eigenvalue weighted by Gasteiger charge is -2.29. The smallest absolute Gasteiger partial charge is 0.222 e. The van der Waals surface area contributed by atoms with Gasteiger partial charge < -0.3 is 24.8 Å². The van der Waals surface area contributed by atoms with Crippen LogP contribution in [0.3, 0.4) is 0 Å². The van der Waals surface area contributed by atoms with E-state index in [4.69, 9.17) is 9.47 Å². The van der Waals surface area contributed by atoms with E-state index in [1.54, 1.807) is 7.11 Å². The van der Waals surface area contributed by atoms with Crippen molar-refractivity contribution in [3.63, 3.8) is 0 Å². The second-order valence-corrected chi connectivity index (χ2v) is 6.72. The molecule has 1 amide bonds. The summed E-state index contributed by atoms with van der Waals surface area (Å²) in [6.45, 7) is 7.98. The molecule has 2 N–H and O–H groups in total. The summed E-state index contributed by atoms with van der Waals surface area (Å²) < 4.78 is 11.2. The average Bonchev–Trinajstić information content (AvgIpc) is 2.62. The minimum Gasteiger partial charge on any atom is -0.493 e. The Morgan fingerprint density at radius 1 is 1.32 bits per heavy atom. The van der Waals surface area contributed by atoms with Gasteiger partial charge in [0, 0.05) is 32.1 Å². The largest absolute Gasteiger partial charge is 0.493 e. The lowest BCUT2D eigenvalue weighted by molar-refractivity contribution is -0.131. The molecule has 1 aliphatic rings. The maximum atomic E-state index is 11.9. The number of nitrogens with zero attached hydrogens (tertiary/aromatic N) is 1. The summed E-state index contributed by atoms with van der Waals surface area (Å²) in [5, 5.41) is 13.2. The highest BCUT2D eigenvalue weighted by atomic mass is 16.5. The molecule has 0 saturated carbocycles. The predicted octanol–water partition coefficient (Wildman–Crippen LogP) is 1.73. The van der Waals surface area contributed by atoms with Gasteiger partial charge in [-0.1, -0.05) is 20.8 Å². The molecule has 0 aliphatic carbocycles. The number of aliphatic hydroxyl groups is 1. The van der Waals surface area contributed by atoms with E-state index < -0.39 is 6.10 Å². The van der Waals surface area contributed by atoms with Gasteiger partial charge in [-0.05, 0) is 29.7 Å². The zero-order valence-electron chi connectivity index (χ0n) is 15.7. The summed E-state index contributed by atoms with van der Waals surface area (Å²) in [4.78, 5) is 13.8. The Hall–Kier alpha value is -1.79. The molecule has 1 aromatic carbocycles. The number of benzene rings is 1. The number of carbonyl (C=O) groups is 1. The van der Waals surface area contributed by atoms with Crippen molar-refractivity contribution in [1.82, 2.24) is 10.2 Å². The fourth-order valence-electron chi connectivity index (χ4n) is 2.89. The van der Waals surface area contributed by atoms with E-state index >= 15 is 0 Å². The maximum absolute atomic E-state index is 11.9. The van der Waals surface area contributed by atoms with Crippen LogP contribution in [0.1, 0.15) is 38.3 Å². The van der Waals surface area contributed by atoms with Crippen molar-refractivity contribution in [2.45, 2.75) is 52.3 Å². The summed E-state index contributed by atoms with van der Waals surface area (Å²) in [5.41, 5.74) is 2.27. The minimum atomic E-state index is -0.583. The van der Waals surface area contributed by atoms with Crippen LogP contribution in [0.15, 0.2) is 12.1 Å². The Kier molecular flexibility index (Phi) is 7.08. The molecule has 1 atom stereocenters. The van der Waals surface area contributed by atoms with Crippen LogP contribution < -0.4 is 14.8 Å². The summed E-state index contributed by atoms with van der Waals surface area (Å²) in [7, 11) is 1.60. The number of methoxy groups -OCH3 is 1. The average molecular weight is 350 g/mol. The molecule has 1 aromatic rings. The molecule has 0 aromatic heterocycles. The van der Waals surface area contributed by atoms with Crippen LogP contribution in [0.2, 0.25) is 0 Å². The number of aliphatic hydroxyl groups excluding tert-OH is 1. The molecule has 6 nitrogen and oxygen atoms in total. The van der Waals surface area contributed by atoms with Gasteiger partial charge in [-0.25, -0.2) is 0 Å². The summed E-state index contributed by atoms with van der Waals surface area (Å²) in [6.07, 6.45) is 0.746. The normalized spacial score (nSPS) is 15.0. The topological polar surface area (TPSA) is 71.0 Å². The highest BCUT2D eigenvalue weighted by molar-refractivity contribution is 5.76. The molecular formula is C19H30N2O4. The molecule has 1 unspecified atom stereocenters. The van der Waals surface area contributed by atoms with Gasteiger partial charge in [-0.3, -0.25) is 4.79 Å². The van der Waals surface area contributed by atoms with E-state index in [0.717, 1.165) is 18.5 Å². The highest BCUT2D eigenvalue weighted by Gasteiger charge is 2.22. The molecular weight excluding hydrogens is 320 g/mol. The first kappa shape index (κ1) is 19.5. The first-order valence-corrected chi connectivity index (χ1v) is 8.96. The van der Waals surface area contributed by atoms with E-state index in [1.807, 2.05) is 37.8 Å². The molecule has 1 aliphatic heterocycles. The summed E-state index contributed by atoms with van der Waals surface area (Å²) in [5.74, 6) is 1.44. The van der Waals surface area contributed by atoms with Crippen molar-refractivity contribution >= 4 is 5.91 Å². The molecule has 0 spiro atoms. The fourth-order valence-corrected chi connectivity index (χ4v) is 2.89. The van der Waals surface area contributed by atoms with Gasteiger partial charge in [-0.15, -0.1) is 0 Å². The quantitative estimate of drug-likeness (QED) is 0.747. The van der Waals surface area contributed by atoms with Crippen LogP contribution in [-0.4, -0.2) is 54.9 Å². The van der Waals surface area contributed by atoms with E-state index in [0.29, 0.717) is 37.1 Å². The molecule has 0 bridgehead atoms. The van der Waals surface area contributed by atoms with E-state index in [1.165, 1.54) is 5.56 Å². The molecule has 0 radical (unpaired) electrons. The van der Waals surface area contributed by atoms with Crippen LogP contribution in [0.5, 0.6) is 11.5 Å². The zero-order chi connectivity index (χ0) is 18.4. The monoisotopic (exact) mass is 350 g/mol. The Labute approximate surface area is 150 Å². The Bertz CT molecular complexity index is 589. The van der Waals surface area contributed by atoms with Crippen LogP contribution in [0, 0.1) is 0 Å². The number of rotatable bonds is 8. The number of hydrogen-bond donors (Lipinski definition) is 2. The van der Waals surface area contributed by atoms with Crippen molar-refractivity contribution in [2.24, 2.45) is 0 Å². The third-order valence-electron chi connectivity index (χ3n) is 4.35. The minimum absolute atomic E-state index is 0.172. The van der Waals surface area contributed by atoms with Gasteiger partial charge in [0.1, 0.15) is 12.7 Å². The highest BCUT2D eigenvalue weighted by Crippen LogP contribution is 2.33. The molecule has 0 saturated heterocycles. The van der Waals surface area contributed by atoms with Gasteiger partial charge in [0.05, 0.1) is 7.11 Å². The van der Waals surface area contributed by atoms with Gasteiger partial charge in [0.25, 0.3) is 0 Å². The molecule has 0 fully saturated rings. The van der Waals surface area contributed by atoms with Gasteiger partial charge in [0.15, 0.2) is 11.5 Å². The van der Waals surface area contributed by atoms with E-state index in [9.17, 15) is 9.90 Å². The van der Waals surface area contributed by atoms with Crippen LogP contribution in [0.25, 0.3) is 0 Å². The van der Waals surface area contributed by atoms with Crippen molar-refractivity contribution in [3.8, 4) is 11.5 Å². The maximum Gasteiger partial charge on any atom is 0.222 e. The summed E-state index contributed by atoms with van der Waals surface area (Å²) in [6, 6.07) is 4.24. The van der Waals surface area contributed by atoms with Crippen LogP contribution >= 0.6 is 0 Å². The van der Waals surface area contributed by atoms with Crippen molar-refractivity contribution in [3.05, 3.63) is 23.3 Å². The number of ether oxygens (including phenoxy) is 2. The van der Waals surface area contributed by atoms with Gasteiger partial charge in [-0.2, -0.15) is 0 Å². The van der Waals surface area contributed by atoms with Crippen molar-refractivity contribution in [1.29, 1.82) is 0 Å². The number of hydrogen-bond acceptors (Lipinski definition) is 5. The first-order valence-electron chi connectivity index (χ1n) is 8.96. The van der Waals surface area contributed by atoms with Gasteiger partial charge >= 0.3 is 0 Å². The second-order valence-electron chi connectivity index (χ2n) is 6.72. The standard InChI is InChI=1S/C19H30N2O4/c1-5-19(23)21-7-6-14-8-18(17(24-4)9-15(14)11-21)25-12-16(22)10-20-13(2)3/h8-9,13,16,20,22H,5-7,10-12H2,1-4H3. The Morgan fingerprint density at radius 2 is 2.04 bits per heavy atom.